The van der Waals surface area contributed by atoms with E-state index in [-0.39, 0.29) is 12.0 Å². The molecule has 0 spiro atoms. The van der Waals surface area contributed by atoms with Crippen molar-refractivity contribution in [3.63, 3.8) is 0 Å². The summed E-state index contributed by atoms with van der Waals surface area (Å²) >= 11 is 5.75. The summed E-state index contributed by atoms with van der Waals surface area (Å²) in [5, 5.41) is 3.01. The summed E-state index contributed by atoms with van der Waals surface area (Å²) in [6.45, 7) is -0.510. The Hall–Kier alpha value is -2.86. The second-order valence-corrected chi connectivity index (χ2v) is 5.85. The van der Waals surface area contributed by atoms with Crippen molar-refractivity contribution in [2.75, 3.05) is 13.7 Å². The van der Waals surface area contributed by atoms with Gasteiger partial charge < -0.3 is 14.8 Å². The number of rotatable bonds is 7. The minimum absolute atomic E-state index is 0.268. The summed E-state index contributed by atoms with van der Waals surface area (Å²) in [4.78, 5) is 35.8. The molecule has 2 rings (SSSR count). The minimum Gasteiger partial charge on any atom is -0.467 e. The number of methoxy groups -OCH3 is 1. The van der Waals surface area contributed by atoms with Crippen molar-refractivity contribution in [3.8, 4) is 0 Å². The van der Waals surface area contributed by atoms with Gasteiger partial charge in [-0.1, -0.05) is 41.9 Å². The molecule has 0 aliphatic carbocycles. The number of amides is 1. The first-order chi connectivity index (χ1) is 12.5. The van der Waals surface area contributed by atoms with E-state index in [1.165, 1.54) is 19.2 Å². The van der Waals surface area contributed by atoms with Gasteiger partial charge in [0, 0.05) is 11.4 Å². The van der Waals surface area contributed by atoms with Crippen LogP contribution in [0.3, 0.4) is 0 Å². The fourth-order valence-corrected chi connectivity index (χ4v) is 2.35. The fourth-order valence-electron chi connectivity index (χ4n) is 2.22. The third-order valence-electron chi connectivity index (χ3n) is 3.52. The van der Waals surface area contributed by atoms with Gasteiger partial charge in [0.15, 0.2) is 6.61 Å². The zero-order valence-electron chi connectivity index (χ0n) is 14.1. The second kappa shape index (κ2) is 9.58. The van der Waals surface area contributed by atoms with Gasteiger partial charge in [-0.2, -0.15) is 0 Å². The predicted molar refractivity (Wildman–Crippen MR) is 95.8 cm³/mol. The van der Waals surface area contributed by atoms with Crippen LogP contribution in [-0.4, -0.2) is 37.6 Å². The number of halogens is 1. The highest BCUT2D eigenvalue weighted by atomic mass is 35.5. The Morgan fingerprint density at radius 3 is 2.31 bits per heavy atom. The Balaban J connectivity index is 1.91. The number of nitrogens with one attached hydrogen (secondary N) is 1. The molecule has 1 N–H and O–H groups in total. The molecule has 0 aliphatic rings. The molecule has 0 radical (unpaired) electrons. The molecule has 0 fully saturated rings. The molecule has 2 aromatic rings. The maximum Gasteiger partial charge on any atom is 0.338 e. The highest BCUT2D eigenvalue weighted by Gasteiger charge is 2.22. The summed E-state index contributed by atoms with van der Waals surface area (Å²) in [5.74, 6) is -1.83. The molecule has 136 valence electrons. The topological polar surface area (TPSA) is 81.7 Å². The summed E-state index contributed by atoms with van der Waals surface area (Å²) in [6, 6.07) is 14.4. The van der Waals surface area contributed by atoms with Crippen molar-refractivity contribution < 1.29 is 23.9 Å². The van der Waals surface area contributed by atoms with Crippen molar-refractivity contribution in [3.05, 3.63) is 70.7 Å². The van der Waals surface area contributed by atoms with Crippen molar-refractivity contribution >= 4 is 29.4 Å². The first-order valence-corrected chi connectivity index (χ1v) is 8.21. The molecule has 0 saturated carbocycles. The van der Waals surface area contributed by atoms with Gasteiger partial charge in [-0.25, -0.2) is 9.59 Å². The van der Waals surface area contributed by atoms with Crippen molar-refractivity contribution in [1.82, 2.24) is 5.32 Å². The number of benzene rings is 2. The Kier molecular flexibility index (Phi) is 7.17. The lowest BCUT2D eigenvalue weighted by Crippen LogP contribution is -2.44. The lowest BCUT2D eigenvalue weighted by Gasteiger charge is -2.16. The number of hydrogen-bond acceptors (Lipinski definition) is 5. The highest BCUT2D eigenvalue weighted by Crippen LogP contribution is 2.10. The van der Waals surface area contributed by atoms with Crippen LogP contribution in [0.5, 0.6) is 0 Å². The van der Waals surface area contributed by atoms with Gasteiger partial charge in [0.25, 0.3) is 5.91 Å². The zero-order valence-corrected chi connectivity index (χ0v) is 14.9. The Labute approximate surface area is 156 Å². The molecule has 7 heteroatoms. The van der Waals surface area contributed by atoms with Crippen LogP contribution in [-0.2, 0) is 25.5 Å². The third-order valence-corrected chi connectivity index (χ3v) is 3.77. The van der Waals surface area contributed by atoms with E-state index in [1.54, 1.807) is 12.1 Å². The molecule has 1 amide bonds. The number of ether oxygens (including phenoxy) is 2. The first-order valence-electron chi connectivity index (χ1n) is 7.83. The number of esters is 2. The number of carbonyl (C=O) groups excluding carboxylic acids is 3. The van der Waals surface area contributed by atoms with Gasteiger partial charge in [-0.3, -0.25) is 4.79 Å². The maximum absolute atomic E-state index is 12.0. The summed E-state index contributed by atoms with van der Waals surface area (Å²) < 4.78 is 9.67. The van der Waals surface area contributed by atoms with Gasteiger partial charge >= 0.3 is 11.9 Å². The van der Waals surface area contributed by atoms with E-state index in [2.05, 4.69) is 5.32 Å². The van der Waals surface area contributed by atoms with Gasteiger partial charge in [-0.15, -0.1) is 0 Å². The van der Waals surface area contributed by atoms with E-state index >= 15 is 0 Å². The van der Waals surface area contributed by atoms with Gasteiger partial charge in [-0.05, 0) is 29.8 Å². The molecule has 0 unspecified atom stereocenters. The predicted octanol–water partition coefficient (Wildman–Crippen LogP) is 2.40. The van der Waals surface area contributed by atoms with E-state index in [4.69, 9.17) is 21.1 Å². The van der Waals surface area contributed by atoms with Gasteiger partial charge in [0.1, 0.15) is 6.04 Å². The van der Waals surface area contributed by atoms with E-state index < -0.39 is 30.5 Å². The molecule has 2 aromatic carbocycles. The Morgan fingerprint density at radius 2 is 1.69 bits per heavy atom. The largest absolute Gasteiger partial charge is 0.467 e. The Bertz CT molecular complexity index is 761. The van der Waals surface area contributed by atoms with Crippen LogP contribution in [0.4, 0.5) is 0 Å². The summed E-state index contributed by atoms with van der Waals surface area (Å²) in [5.41, 5.74) is 1.14. The molecule has 6 nitrogen and oxygen atoms in total. The minimum atomic E-state index is -0.871. The SMILES string of the molecule is COC(=O)[C@@H](Cc1ccccc1)NC(=O)COC(=O)c1ccc(Cl)cc1. The van der Waals surface area contributed by atoms with Crippen molar-refractivity contribution in [2.45, 2.75) is 12.5 Å². The van der Waals surface area contributed by atoms with Crippen molar-refractivity contribution in [2.24, 2.45) is 0 Å². The van der Waals surface area contributed by atoms with E-state index in [0.717, 1.165) is 5.56 Å². The van der Waals surface area contributed by atoms with Crippen LogP contribution in [0, 0.1) is 0 Å². The molecule has 0 aliphatic heterocycles. The molecule has 0 aromatic heterocycles. The number of carbonyl (C=O) groups is 3. The first kappa shape index (κ1) is 19.5. The molecule has 26 heavy (non-hydrogen) atoms. The van der Waals surface area contributed by atoms with Crippen LogP contribution in [0.25, 0.3) is 0 Å². The second-order valence-electron chi connectivity index (χ2n) is 5.42. The highest BCUT2D eigenvalue weighted by molar-refractivity contribution is 6.30. The number of hydrogen-bond donors (Lipinski definition) is 1. The van der Waals surface area contributed by atoms with E-state index in [9.17, 15) is 14.4 Å². The normalized spacial score (nSPS) is 11.3. The lowest BCUT2D eigenvalue weighted by molar-refractivity contribution is -0.145. The zero-order chi connectivity index (χ0) is 18.9. The smallest absolute Gasteiger partial charge is 0.338 e. The Morgan fingerprint density at radius 1 is 1.04 bits per heavy atom. The van der Waals surface area contributed by atoms with Crippen LogP contribution < -0.4 is 5.32 Å². The molecule has 0 bridgehead atoms. The van der Waals surface area contributed by atoms with Crippen LogP contribution >= 0.6 is 11.6 Å². The standard InChI is InChI=1S/C19H18ClNO5/c1-25-19(24)16(11-13-5-3-2-4-6-13)21-17(22)12-26-18(23)14-7-9-15(20)10-8-14/h2-10,16H,11-12H2,1H3,(H,21,22)/t16-/m1/s1. The molecular formula is C19H18ClNO5. The maximum atomic E-state index is 12.0. The average Bonchev–Trinajstić information content (AvgIpc) is 2.66. The van der Waals surface area contributed by atoms with Crippen molar-refractivity contribution in [1.29, 1.82) is 0 Å². The van der Waals surface area contributed by atoms with Crippen LogP contribution in [0.15, 0.2) is 54.6 Å². The average molecular weight is 376 g/mol. The molecule has 1 atom stereocenters. The van der Waals surface area contributed by atoms with Crippen LogP contribution in [0.2, 0.25) is 5.02 Å². The summed E-state index contributed by atoms with van der Waals surface area (Å²) in [7, 11) is 1.24. The quantitative estimate of drug-likeness (QED) is 0.751. The summed E-state index contributed by atoms with van der Waals surface area (Å²) in [6.07, 6.45) is 0.268. The molecular weight excluding hydrogens is 358 g/mol. The lowest BCUT2D eigenvalue weighted by atomic mass is 10.1. The van der Waals surface area contributed by atoms with Gasteiger partial charge in [0.2, 0.25) is 0 Å². The van der Waals surface area contributed by atoms with Gasteiger partial charge in [0.05, 0.1) is 12.7 Å². The van der Waals surface area contributed by atoms with E-state index in [1.807, 2.05) is 30.3 Å². The van der Waals surface area contributed by atoms with Crippen LogP contribution in [0.1, 0.15) is 15.9 Å². The monoisotopic (exact) mass is 375 g/mol. The van der Waals surface area contributed by atoms with E-state index in [0.29, 0.717) is 5.02 Å². The molecule has 0 heterocycles. The molecule has 0 saturated heterocycles. The third kappa shape index (κ3) is 5.89. The fraction of sp³-hybridized carbons (Fsp3) is 0.211.